The fourth-order valence-electron chi connectivity index (χ4n) is 0.520. The fraction of sp³-hybridized carbons (Fsp3) is 0.167. The van der Waals surface area contributed by atoms with Gasteiger partial charge >= 0.3 is 0 Å². The number of amides is 1. The summed E-state index contributed by atoms with van der Waals surface area (Å²) in [6.45, 7) is 5.30. The molecule has 2 radical (unpaired) electrons. The van der Waals surface area contributed by atoms with Gasteiger partial charge in [-0.15, -0.1) is 11.3 Å². The van der Waals surface area contributed by atoms with Crippen LogP contribution < -0.4 is 5.32 Å². The maximum atomic E-state index is 10.8. The van der Waals surface area contributed by atoms with Gasteiger partial charge in [-0.05, 0) is 0 Å². The van der Waals surface area contributed by atoms with Crippen molar-refractivity contribution in [3.05, 3.63) is 23.0 Å². The third kappa shape index (κ3) is 1.33. The average molecular weight is 154 g/mol. The number of hydrogen-bond donors (Lipinski definition) is 1. The van der Waals surface area contributed by atoms with Crippen molar-refractivity contribution in [3.8, 4) is 0 Å². The molecule has 10 heavy (non-hydrogen) atoms. The van der Waals surface area contributed by atoms with Gasteiger partial charge in [-0.25, -0.2) is 4.98 Å². The molecule has 1 amide bonds. The molecular formula is C6H6N2OS. The Balaban J connectivity index is 2.85. The highest BCUT2D eigenvalue weighted by Gasteiger charge is 2.05. The molecule has 0 bridgehead atoms. The monoisotopic (exact) mass is 154 g/mol. The summed E-state index contributed by atoms with van der Waals surface area (Å²) in [6.07, 6.45) is 0. The van der Waals surface area contributed by atoms with Crippen molar-refractivity contribution in [1.29, 1.82) is 0 Å². The lowest BCUT2D eigenvalue weighted by Crippen LogP contribution is -2.17. The zero-order valence-corrected chi connectivity index (χ0v) is 6.23. The molecule has 3 nitrogen and oxygen atoms in total. The van der Waals surface area contributed by atoms with Crippen molar-refractivity contribution in [2.24, 2.45) is 0 Å². The SMILES string of the molecule is [CH]c1nc(C(=O)NC)cs1. The Morgan fingerprint density at radius 3 is 3.00 bits per heavy atom. The average Bonchev–Trinajstić information content (AvgIpc) is 2.34. The Labute approximate surface area is 63.1 Å². The normalized spacial score (nSPS) is 9.40. The Hall–Kier alpha value is -0.900. The summed E-state index contributed by atoms with van der Waals surface area (Å²) >= 11 is 1.25. The van der Waals surface area contributed by atoms with Gasteiger partial charge in [0.2, 0.25) is 0 Å². The molecule has 0 fully saturated rings. The maximum Gasteiger partial charge on any atom is 0.270 e. The minimum atomic E-state index is -0.201. The van der Waals surface area contributed by atoms with Crippen molar-refractivity contribution in [2.45, 2.75) is 0 Å². The largest absolute Gasteiger partial charge is 0.354 e. The van der Waals surface area contributed by atoms with E-state index < -0.39 is 0 Å². The molecule has 0 aliphatic heterocycles. The van der Waals surface area contributed by atoms with Gasteiger partial charge in [-0.2, -0.15) is 0 Å². The molecule has 0 aliphatic carbocycles. The van der Waals surface area contributed by atoms with Crippen molar-refractivity contribution >= 4 is 17.2 Å². The van der Waals surface area contributed by atoms with Gasteiger partial charge in [0.25, 0.3) is 5.91 Å². The van der Waals surface area contributed by atoms with Crippen LogP contribution in [-0.4, -0.2) is 17.9 Å². The minimum absolute atomic E-state index is 0.201. The number of hydrogen-bond acceptors (Lipinski definition) is 3. The van der Waals surface area contributed by atoms with Gasteiger partial charge in [0, 0.05) is 19.4 Å². The van der Waals surface area contributed by atoms with E-state index in [2.05, 4.69) is 10.3 Å². The first-order chi connectivity index (χ1) is 4.74. The van der Waals surface area contributed by atoms with Crippen LogP contribution in [0.4, 0.5) is 0 Å². The zero-order valence-electron chi connectivity index (χ0n) is 5.42. The first-order valence-corrected chi connectivity index (χ1v) is 3.55. The van der Waals surface area contributed by atoms with Crippen molar-refractivity contribution in [2.75, 3.05) is 7.05 Å². The second kappa shape index (κ2) is 2.79. The summed E-state index contributed by atoms with van der Waals surface area (Å²) in [7, 11) is 1.55. The van der Waals surface area contributed by atoms with E-state index in [1.807, 2.05) is 0 Å². The highest BCUT2D eigenvalue weighted by molar-refractivity contribution is 7.10. The summed E-state index contributed by atoms with van der Waals surface area (Å²) in [5.74, 6) is -0.201. The van der Waals surface area contributed by atoms with Gasteiger partial charge in [0.1, 0.15) is 5.69 Å². The number of aromatic nitrogens is 1. The topological polar surface area (TPSA) is 42.0 Å². The lowest BCUT2D eigenvalue weighted by atomic mass is 10.5. The Morgan fingerprint density at radius 2 is 2.60 bits per heavy atom. The molecule has 0 spiro atoms. The van der Waals surface area contributed by atoms with Crippen LogP contribution in [0.2, 0.25) is 0 Å². The number of nitrogens with one attached hydrogen (secondary N) is 1. The smallest absolute Gasteiger partial charge is 0.270 e. The Morgan fingerprint density at radius 1 is 1.90 bits per heavy atom. The van der Waals surface area contributed by atoms with Gasteiger partial charge < -0.3 is 5.32 Å². The number of thiazole rings is 1. The summed E-state index contributed by atoms with van der Waals surface area (Å²) in [5.41, 5.74) is 0.380. The molecule has 0 aliphatic rings. The molecule has 1 aromatic rings. The summed E-state index contributed by atoms with van der Waals surface area (Å²) in [5, 5.41) is 4.48. The first-order valence-electron chi connectivity index (χ1n) is 2.67. The van der Waals surface area contributed by atoms with Crippen LogP contribution in [-0.2, 0) is 0 Å². The Kier molecular flexibility index (Phi) is 2.01. The van der Waals surface area contributed by atoms with Gasteiger partial charge in [-0.3, -0.25) is 4.79 Å². The van der Waals surface area contributed by atoms with Crippen LogP contribution in [0.15, 0.2) is 5.38 Å². The molecule has 1 aromatic heterocycles. The van der Waals surface area contributed by atoms with Crippen LogP contribution in [0.3, 0.4) is 0 Å². The van der Waals surface area contributed by atoms with Crippen molar-refractivity contribution in [1.82, 2.24) is 10.3 Å². The maximum absolute atomic E-state index is 10.8. The molecule has 1 heterocycles. The van der Waals surface area contributed by atoms with Crippen LogP contribution in [0.5, 0.6) is 0 Å². The number of carbonyl (C=O) groups is 1. The third-order valence-corrected chi connectivity index (χ3v) is 1.66. The first kappa shape index (κ1) is 7.21. The zero-order chi connectivity index (χ0) is 7.56. The number of rotatable bonds is 1. The molecule has 0 saturated carbocycles. The third-order valence-electron chi connectivity index (χ3n) is 0.982. The number of nitrogens with zero attached hydrogens (tertiary/aromatic N) is 1. The molecule has 0 aromatic carbocycles. The summed E-state index contributed by atoms with van der Waals surface area (Å²) in [4.78, 5) is 14.6. The summed E-state index contributed by atoms with van der Waals surface area (Å²) < 4.78 is 0. The molecule has 52 valence electrons. The molecule has 4 heteroatoms. The fourth-order valence-corrected chi connectivity index (χ4v) is 1.06. The molecule has 1 rings (SSSR count). The van der Waals surface area contributed by atoms with Gasteiger partial charge in [0.15, 0.2) is 0 Å². The van der Waals surface area contributed by atoms with E-state index in [4.69, 9.17) is 6.92 Å². The van der Waals surface area contributed by atoms with E-state index in [0.717, 1.165) is 0 Å². The van der Waals surface area contributed by atoms with E-state index in [1.54, 1.807) is 12.4 Å². The van der Waals surface area contributed by atoms with Crippen LogP contribution in [0.25, 0.3) is 0 Å². The second-order valence-electron chi connectivity index (χ2n) is 1.65. The highest BCUT2D eigenvalue weighted by atomic mass is 32.1. The molecule has 0 saturated heterocycles. The van der Waals surface area contributed by atoms with Crippen molar-refractivity contribution in [3.63, 3.8) is 0 Å². The molecule has 0 atom stereocenters. The van der Waals surface area contributed by atoms with E-state index in [9.17, 15) is 4.79 Å². The van der Waals surface area contributed by atoms with Crippen LogP contribution in [0, 0.1) is 6.92 Å². The van der Waals surface area contributed by atoms with Crippen LogP contribution in [0.1, 0.15) is 15.5 Å². The van der Waals surface area contributed by atoms with E-state index in [1.165, 1.54) is 11.3 Å². The lowest BCUT2D eigenvalue weighted by molar-refractivity contribution is 0.0959. The summed E-state index contributed by atoms with van der Waals surface area (Å²) in [6, 6.07) is 0. The van der Waals surface area contributed by atoms with E-state index in [-0.39, 0.29) is 5.91 Å². The molecular weight excluding hydrogens is 148 g/mol. The van der Waals surface area contributed by atoms with Gasteiger partial charge in [0.05, 0.1) is 5.01 Å². The number of carbonyl (C=O) groups excluding carboxylic acids is 1. The van der Waals surface area contributed by atoms with Crippen LogP contribution >= 0.6 is 11.3 Å². The predicted molar refractivity (Wildman–Crippen MR) is 38.9 cm³/mol. The standard InChI is InChI=1S/C6H6N2OS/c1-4-8-5(3-10-4)6(9)7-2/h1,3H,2H3,(H,7,9). The van der Waals surface area contributed by atoms with Gasteiger partial charge in [-0.1, -0.05) is 0 Å². The predicted octanol–water partition coefficient (Wildman–Crippen LogP) is 0.562. The lowest BCUT2D eigenvalue weighted by Gasteiger charge is -1.90. The highest BCUT2D eigenvalue weighted by Crippen LogP contribution is 2.06. The molecule has 1 N–H and O–H groups in total. The second-order valence-corrected chi connectivity index (χ2v) is 2.54. The van der Waals surface area contributed by atoms with E-state index >= 15 is 0 Å². The molecule has 0 unspecified atom stereocenters. The Bertz CT molecular complexity index is 244. The van der Waals surface area contributed by atoms with Crippen molar-refractivity contribution < 1.29 is 4.79 Å². The minimum Gasteiger partial charge on any atom is -0.354 e. The van der Waals surface area contributed by atoms with E-state index in [0.29, 0.717) is 10.7 Å². The quantitative estimate of drug-likeness (QED) is 0.642.